The number of carbonyl (C=O) groups excluding carboxylic acids is 5. The molecule has 3 aromatic carbocycles. The Morgan fingerprint density at radius 3 is 1.45 bits per heavy atom. The number of hydrogen-bond acceptors (Lipinski definition) is 16. The summed E-state index contributed by atoms with van der Waals surface area (Å²) in [6.07, 6.45) is 3.45. The fraction of sp³-hybridized carbons (Fsp3) is 0.516. The van der Waals surface area contributed by atoms with E-state index in [0.717, 1.165) is 16.7 Å². The third kappa shape index (κ3) is 32.9. The van der Waals surface area contributed by atoms with Gasteiger partial charge in [-0.3, -0.25) is 53.1 Å². The highest BCUT2D eigenvalue weighted by molar-refractivity contribution is 7.80. The zero-order chi connectivity index (χ0) is 69.7. The van der Waals surface area contributed by atoms with Crippen LogP contribution in [0.5, 0.6) is 0 Å². The second kappa shape index (κ2) is 42.8. The molecule has 0 bridgehead atoms. The molecule has 1 fully saturated rings. The van der Waals surface area contributed by atoms with E-state index in [1.807, 2.05) is 60.7 Å². The molecule has 30 nitrogen and oxygen atoms in total. The molecule has 1 saturated heterocycles. The van der Waals surface area contributed by atoms with Gasteiger partial charge in [-0.2, -0.15) is 0 Å². The van der Waals surface area contributed by atoms with Crippen LogP contribution in [0, 0.1) is 0 Å². The second-order valence-corrected chi connectivity index (χ2v) is 23.6. The van der Waals surface area contributed by atoms with E-state index in [-0.39, 0.29) is 121 Å². The first-order chi connectivity index (χ1) is 45.3. The average molecular weight is 1350 g/mol. The van der Waals surface area contributed by atoms with Crippen LogP contribution in [0.25, 0.3) is 0 Å². The van der Waals surface area contributed by atoms with Crippen molar-refractivity contribution in [2.75, 3.05) is 70.8 Å². The maximum absolute atomic E-state index is 14.4. The number of benzene rings is 3. The quantitative estimate of drug-likeness (QED) is 0.0284. The third-order valence-corrected chi connectivity index (χ3v) is 15.7. The summed E-state index contributed by atoms with van der Waals surface area (Å²) in [6, 6.07) is 17.7. The molecule has 0 saturated carbocycles. The molecule has 0 spiro atoms. The predicted octanol–water partition coefficient (Wildman–Crippen LogP) is 1.95. The Hall–Kier alpha value is -9.33. The minimum Gasteiger partial charge on any atom is -0.481 e. The molecular formula is C64H89N11O19S. The van der Waals surface area contributed by atoms with Crippen LogP contribution in [0.1, 0.15) is 107 Å². The van der Waals surface area contributed by atoms with Crippen LogP contribution in [0.4, 0.5) is 10.5 Å². The molecule has 1 aliphatic heterocycles. The summed E-state index contributed by atoms with van der Waals surface area (Å²) in [7, 11) is 0. The van der Waals surface area contributed by atoms with Gasteiger partial charge in [-0.15, -0.1) is 0 Å². The standard InChI is InChI=1S/C64H89N11O19S/c76-52(65-29-13-11-20-48(61(90)91)70-63(94)71-49(62(92)93)27-28-54(78)79)21-9-1-2-10-22-53(77)68-47(60(88)89)19-12-14-30-66-58(86)50(36-42-15-5-3-6-16-42)69-59(87)51(37-43-17-7-4-8-18-43)72-64(95)67-45-25-23-44(24-26-45)35-46-38-74(40-56(82)83)32-31-73(39-55(80)81)33-34-75(46)41-57(84)85/h3-8,15-18,23-26,46-51H,1-2,9-14,19-22,27-41H2,(H,65,76)(H,66,86)(H,68,77)(H,69,87)(H,78,79)(H,80,81)(H,82,83)(H,84,85)(H,88,89)(H,90,91)(H,92,93)(H2,67,72,95)(H2,70,71,94)/t46?,47?,48-,49-,50?,51?/m0/s1. The minimum absolute atomic E-state index is 0.0270. The Kier molecular flexibility index (Phi) is 35.2. The molecule has 6 amide bonds. The first-order valence-corrected chi connectivity index (χ1v) is 31.9. The maximum atomic E-state index is 14.4. The van der Waals surface area contributed by atoms with Gasteiger partial charge in [0.25, 0.3) is 0 Å². The summed E-state index contributed by atoms with van der Waals surface area (Å²) in [5.74, 6) is -10.3. The summed E-state index contributed by atoms with van der Waals surface area (Å²) in [5, 5.41) is 88.1. The van der Waals surface area contributed by atoms with Crippen molar-refractivity contribution in [2.24, 2.45) is 0 Å². The zero-order valence-corrected chi connectivity index (χ0v) is 53.7. The summed E-state index contributed by atoms with van der Waals surface area (Å²) in [4.78, 5) is 152. The topological polar surface area (TPSA) is 452 Å². The molecule has 4 rings (SSSR count). The number of carboxylic acid groups (broad SMARTS) is 7. The van der Waals surface area contributed by atoms with Gasteiger partial charge in [0, 0.05) is 89.6 Å². The number of nitrogens with one attached hydrogen (secondary N) is 8. The van der Waals surface area contributed by atoms with Gasteiger partial charge in [0.15, 0.2) is 5.11 Å². The van der Waals surface area contributed by atoms with Crippen LogP contribution < -0.4 is 42.5 Å². The van der Waals surface area contributed by atoms with Crippen molar-refractivity contribution >= 4 is 94.5 Å². The summed E-state index contributed by atoms with van der Waals surface area (Å²) < 4.78 is 0. The van der Waals surface area contributed by atoms with Crippen molar-refractivity contribution in [1.82, 2.24) is 51.9 Å². The Balaban J connectivity index is 1.24. The number of hydrogen-bond donors (Lipinski definition) is 15. The summed E-state index contributed by atoms with van der Waals surface area (Å²) in [5.41, 5.74) is 2.90. The number of nitrogens with zero attached hydrogens (tertiary/aromatic N) is 3. The molecule has 0 radical (unpaired) electrons. The molecule has 15 N–H and O–H groups in total. The fourth-order valence-electron chi connectivity index (χ4n) is 10.5. The molecule has 1 heterocycles. The molecule has 6 atom stereocenters. The molecule has 520 valence electrons. The van der Waals surface area contributed by atoms with E-state index < -0.39 is 115 Å². The molecule has 0 aliphatic carbocycles. The first-order valence-electron chi connectivity index (χ1n) is 31.5. The minimum atomic E-state index is -1.53. The van der Waals surface area contributed by atoms with Crippen molar-refractivity contribution in [3.8, 4) is 0 Å². The highest BCUT2D eigenvalue weighted by atomic mass is 32.1. The predicted molar refractivity (Wildman–Crippen MR) is 349 cm³/mol. The van der Waals surface area contributed by atoms with Crippen molar-refractivity contribution in [2.45, 2.75) is 145 Å². The third-order valence-electron chi connectivity index (χ3n) is 15.5. The van der Waals surface area contributed by atoms with Crippen molar-refractivity contribution in [3.63, 3.8) is 0 Å². The number of aliphatic carboxylic acids is 7. The summed E-state index contributed by atoms with van der Waals surface area (Å²) in [6.45, 7) is 0.653. The van der Waals surface area contributed by atoms with Crippen molar-refractivity contribution in [3.05, 3.63) is 102 Å². The Labute approximate surface area is 555 Å². The van der Waals surface area contributed by atoms with E-state index in [1.165, 1.54) is 0 Å². The van der Waals surface area contributed by atoms with Crippen molar-refractivity contribution in [1.29, 1.82) is 0 Å². The van der Waals surface area contributed by atoms with Gasteiger partial charge in [0.05, 0.1) is 19.6 Å². The Morgan fingerprint density at radius 2 is 0.916 bits per heavy atom. The normalized spacial score (nSPS) is 15.2. The number of urea groups is 1. The highest BCUT2D eigenvalue weighted by Gasteiger charge is 2.31. The maximum Gasteiger partial charge on any atom is 0.326 e. The van der Waals surface area contributed by atoms with Crippen molar-refractivity contribution < 1.29 is 93.3 Å². The SMILES string of the molecule is O=C(O)CC[C@H](NC(=O)N[C@@H](CCCCNC(=O)CCCCCCC(=O)NC(CCCCNC(=O)C(Cc1ccccc1)NC(=O)C(Cc1ccccc1)NC(=S)Nc1ccc(CC2CN(CC(=O)O)CCN(CC(=O)O)CCN2CC(=O)O)cc1)C(=O)O)C(=O)O)C(=O)O. The van der Waals surface area contributed by atoms with Gasteiger partial charge in [-0.05, 0) is 105 Å². The molecular weight excluding hydrogens is 1260 g/mol. The number of carbonyl (C=O) groups is 12. The summed E-state index contributed by atoms with van der Waals surface area (Å²) >= 11 is 5.74. The van der Waals surface area contributed by atoms with E-state index >= 15 is 0 Å². The number of carboxylic acids is 7. The lowest BCUT2D eigenvalue weighted by Crippen LogP contribution is -2.55. The average Bonchev–Trinajstić information content (AvgIpc) is 1.80. The van der Waals surface area contributed by atoms with Crippen LogP contribution in [-0.4, -0.2) is 229 Å². The smallest absolute Gasteiger partial charge is 0.326 e. The van der Waals surface area contributed by atoms with Gasteiger partial charge in [-0.1, -0.05) is 85.6 Å². The fourth-order valence-corrected chi connectivity index (χ4v) is 10.8. The van der Waals surface area contributed by atoms with Gasteiger partial charge in [-0.25, -0.2) is 19.2 Å². The van der Waals surface area contributed by atoms with E-state index in [1.54, 1.807) is 39.0 Å². The second-order valence-electron chi connectivity index (χ2n) is 23.1. The first kappa shape index (κ1) is 78.1. The molecule has 3 aromatic rings. The molecule has 95 heavy (non-hydrogen) atoms. The number of thiocarbonyl (C=S) groups is 1. The van der Waals surface area contributed by atoms with E-state index in [0.29, 0.717) is 57.1 Å². The van der Waals surface area contributed by atoms with Gasteiger partial charge in [0.2, 0.25) is 23.6 Å². The van der Waals surface area contributed by atoms with Gasteiger partial charge in [0.1, 0.15) is 30.2 Å². The van der Waals surface area contributed by atoms with E-state index in [9.17, 15) is 88.2 Å². The number of amides is 6. The van der Waals surface area contributed by atoms with E-state index in [4.69, 9.17) is 17.3 Å². The highest BCUT2D eigenvalue weighted by Crippen LogP contribution is 2.18. The van der Waals surface area contributed by atoms with Gasteiger partial charge < -0.3 is 78.3 Å². The zero-order valence-electron chi connectivity index (χ0n) is 52.9. The van der Waals surface area contributed by atoms with Crippen LogP contribution in [-0.2, 0) is 72.0 Å². The van der Waals surface area contributed by atoms with E-state index in [2.05, 4.69) is 42.5 Å². The monoisotopic (exact) mass is 1350 g/mol. The molecule has 31 heteroatoms. The molecule has 4 unspecified atom stereocenters. The van der Waals surface area contributed by atoms with Crippen LogP contribution in [0.2, 0.25) is 0 Å². The largest absolute Gasteiger partial charge is 0.481 e. The van der Waals surface area contributed by atoms with Crippen LogP contribution in [0.15, 0.2) is 84.9 Å². The lowest BCUT2D eigenvalue weighted by molar-refractivity contribution is -0.142. The number of anilines is 1. The van der Waals surface area contributed by atoms with Crippen LogP contribution in [0.3, 0.4) is 0 Å². The van der Waals surface area contributed by atoms with Gasteiger partial charge >= 0.3 is 47.8 Å². The Bertz CT molecular complexity index is 3020. The Morgan fingerprint density at radius 1 is 0.432 bits per heavy atom. The lowest BCUT2D eigenvalue weighted by Gasteiger charge is -2.33. The number of unbranched alkanes of at least 4 members (excludes halogenated alkanes) is 5. The lowest BCUT2D eigenvalue weighted by atomic mass is 10.0. The van der Waals surface area contributed by atoms with Crippen LogP contribution >= 0.6 is 12.2 Å². The molecule has 0 aromatic heterocycles. The molecule has 1 aliphatic rings. The number of rotatable bonds is 43.